The Kier molecular flexibility index (Phi) is 9.03. The summed E-state index contributed by atoms with van der Waals surface area (Å²) < 4.78 is 12.8. The molecule has 2 N–H and O–H groups in total. The van der Waals surface area contributed by atoms with Crippen molar-refractivity contribution in [1.82, 2.24) is 10.2 Å². The van der Waals surface area contributed by atoms with Gasteiger partial charge in [-0.15, -0.1) is 6.58 Å². The fourth-order valence-electron chi connectivity index (χ4n) is 4.34. The summed E-state index contributed by atoms with van der Waals surface area (Å²) in [5.74, 6) is -0.0971. The van der Waals surface area contributed by atoms with Gasteiger partial charge in [0.05, 0.1) is 18.8 Å². The van der Waals surface area contributed by atoms with E-state index in [-0.39, 0.29) is 24.7 Å². The number of hydrogen-bond donors (Lipinski definition) is 2. The highest BCUT2D eigenvalue weighted by atomic mass is 16.7. The quantitative estimate of drug-likeness (QED) is 0.404. The highest BCUT2D eigenvalue weighted by Crippen LogP contribution is 2.38. The van der Waals surface area contributed by atoms with Crippen molar-refractivity contribution >= 4 is 5.91 Å². The SMILES string of the molecule is C=CCN(C)C[C@H]1C[C@@H](c2ccc(CO)cc2)O[C@@H](c2ccc(CNC(=O)c3ccccc3)cc2)O1. The van der Waals surface area contributed by atoms with E-state index in [1.54, 1.807) is 12.1 Å². The molecule has 6 heteroatoms. The molecular weight excluding hydrogens is 452 g/mol. The molecule has 1 aliphatic heterocycles. The summed E-state index contributed by atoms with van der Waals surface area (Å²) in [6.07, 6.45) is 1.98. The van der Waals surface area contributed by atoms with Gasteiger partial charge in [-0.05, 0) is 35.9 Å². The maximum absolute atomic E-state index is 12.3. The summed E-state index contributed by atoms with van der Waals surface area (Å²) in [5.41, 5.74) is 4.51. The Morgan fingerprint density at radius 3 is 2.33 bits per heavy atom. The minimum atomic E-state index is -0.503. The van der Waals surface area contributed by atoms with Crippen LogP contribution in [0.3, 0.4) is 0 Å². The van der Waals surface area contributed by atoms with Crippen LogP contribution < -0.4 is 5.32 Å². The Hall–Kier alpha value is -3.29. The second-order valence-corrected chi connectivity index (χ2v) is 9.15. The molecule has 6 nitrogen and oxygen atoms in total. The Morgan fingerprint density at radius 2 is 1.67 bits per heavy atom. The van der Waals surface area contributed by atoms with E-state index < -0.39 is 6.29 Å². The fourth-order valence-corrected chi connectivity index (χ4v) is 4.34. The van der Waals surface area contributed by atoms with E-state index >= 15 is 0 Å². The van der Waals surface area contributed by atoms with Gasteiger partial charge in [0.2, 0.25) is 0 Å². The van der Waals surface area contributed by atoms with Gasteiger partial charge >= 0.3 is 0 Å². The van der Waals surface area contributed by atoms with Gasteiger partial charge in [0.25, 0.3) is 5.91 Å². The van der Waals surface area contributed by atoms with Crippen LogP contribution in [0.5, 0.6) is 0 Å². The normalized spacial score (nSPS) is 19.7. The molecule has 0 radical (unpaired) electrons. The molecular formula is C30H34N2O4. The van der Waals surface area contributed by atoms with E-state index in [1.165, 1.54) is 0 Å². The number of carbonyl (C=O) groups excluding carboxylic acids is 1. The van der Waals surface area contributed by atoms with Gasteiger partial charge in [0, 0.05) is 37.2 Å². The van der Waals surface area contributed by atoms with E-state index in [0.717, 1.165) is 41.8 Å². The maximum atomic E-state index is 12.3. The number of amides is 1. The van der Waals surface area contributed by atoms with Crippen molar-refractivity contribution in [2.45, 2.75) is 38.1 Å². The Labute approximate surface area is 213 Å². The molecule has 1 saturated heterocycles. The lowest BCUT2D eigenvalue weighted by molar-refractivity contribution is -0.252. The molecule has 1 amide bonds. The standard InChI is InChI=1S/C30H34N2O4/c1-3-17-32(2)20-27-18-28(24-13-11-23(21-33)12-14-24)36-30(35-27)26-15-9-22(10-16-26)19-31-29(34)25-7-5-4-6-8-25/h3-16,27-28,30,33H,1,17-21H2,2H3,(H,31,34)/t27-,28+,30+/m1/s1. The molecule has 36 heavy (non-hydrogen) atoms. The number of rotatable bonds is 10. The number of carbonyl (C=O) groups is 1. The van der Waals surface area contributed by atoms with Crippen LogP contribution in [0.25, 0.3) is 0 Å². The first-order valence-electron chi connectivity index (χ1n) is 12.3. The molecule has 1 aliphatic rings. The van der Waals surface area contributed by atoms with Crippen molar-refractivity contribution in [3.05, 3.63) is 119 Å². The zero-order valence-electron chi connectivity index (χ0n) is 20.7. The monoisotopic (exact) mass is 486 g/mol. The average Bonchev–Trinajstić information content (AvgIpc) is 2.92. The van der Waals surface area contributed by atoms with Crippen molar-refractivity contribution in [2.75, 3.05) is 20.1 Å². The van der Waals surface area contributed by atoms with E-state index in [1.807, 2.05) is 72.8 Å². The van der Waals surface area contributed by atoms with Gasteiger partial charge in [-0.2, -0.15) is 0 Å². The molecule has 3 aromatic carbocycles. The van der Waals surface area contributed by atoms with Crippen LogP contribution in [0, 0.1) is 0 Å². The predicted octanol–water partition coefficient (Wildman–Crippen LogP) is 4.77. The average molecular weight is 487 g/mol. The second kappa shape index (κ2) is 12.6. The van der Waals surface area contributed by atoms with Crippen molar-refractivity contribution < 1.29 is 19.4 Å². The summed E-state index contributed by atoms with van der Waals surface area (Å²) in [5, 5.41) is 12.3. The van der Waals surface area contributed by atoms with Gasteiger partial charge in [0.15, 0.2) is 6.29 Å². The van der Waals surface area contributed by atoms with Crippen molar-refractivity contribution in [2.24, 2.45) is 0 Å². The summed E-state index contributed by atoms with van der Waals surface area (Å²) in [4.78, 5) is 14.5. The van der Waals surface area contributed by atoms with Gasteiger partial charge in [-0.25, -0.2) is 0 Å². The minimum Gasteiger partial charge on any atom is -0.392 e. The number of benzene rings is 3. The molecule has 4 rings (SSSR count). The van der Waals surface area contributed by atoms with Gasteiger partial charge in [-0.1, -0.05) is 72.8 Å². The number of aliphatic hydroxyl groups is 1. The fraction of sp³-hybridized carbons (Fsp3) is 0.300. The molecule has 1 heterocycles. The summed E-state index contributed by atoms with van der Waals surface area (Å²) in [6.45, 7) is 5.84. The number of nitrogens with one attached hydrogen (secondary N) is 1. The smallest absolute Gasteiger partial charge is 0.251 e. The largest absolute Gasteiger partial charge is 0.392 e. The topological polar surface area (TPSA) is 71.0 Å². The second-order valence-electron chi connectivity index (χ2n) is 9.15. The molecule has 188 valence electrons. The first-order chi connectivity index (χ1) is 17.6. The van der Waals surface area contributed by atoms with Crippen LogP contribution >= 0.6 is 0 Å². The van der Waals surface area contributed by atoms with Crippen LogP contribution in [-0.4, -0.2) is 42.2 Å². The highest BCUT2D eigenvalue weighted by Gasteiger charge is 2.32. The van der Waals surface area contributed by atoms with Crippen LogP contribution in [0.15, 0.2) is 91.5 Å². The third-order valence-electron chi connectivity index (χ3n) is 6.31. The number of likely N-dealkylation sites (N-methyl/N-ethyl adjacent to an activating group) is 1. The first kappa shape index (κ1) is 25.8. The Morgan fingerprint density at radius 1 is 1.00 bits per heavy atom. The van der Waals surface area contributed by atoms with Gasteiger partial charge in [-0.3, -0.25) is 4.79 Å². The van der Waals surface area contributed by atoms with Gasteiger partial charge in [0.1, 0.15) is 0 Å². The molecule has 0 spiro atoms. The van der Waals surface area contributed by atoms with Crippen molar-refractivity contribution in [1.29, 1.82) is 0 Å². The number of aliphatic hydroxyl groups excluding tert-OH is 1. The molecule has 0 saturated carbocycles. The van der Waals surface area contributed by atoms with Crippen LogP contribution in [-0.2, 0) is 22.6 Å². The molecule has 3 atom stereocenters. The van der Waals surface area contributed by atoms with E-state index in [4.69, 9.17) is 9.47 Å². The van der Waals surface area contributed by atoms with Crippen molar-refractivity contribution in [3.63, 3.8) is 0 Å². The van der Waals surface area contributed by atoms with Crippen LogP contribution in [0.4, 0.5) is 0 Å². The Bertz CT molecular complexity index is 1120. The lowest BCUT2D eigenvalue weighted by Crippen LogP contribution is -2.37. The van der Waals surface area contributed by atoms with E-state index in [9.17, 15) is 9.90 Å². The Balaban J connectivity index is 1.44. The van der Waals surface area contributed by atoms with E-state index in [2.05, 4.69) is 23.8 Å². The molecule has 0 aromatic heterocycles. The van der Waals surface area contributed by atoms with E-state index in [0.29, 0.717) is 12.1 Å². The summed E-state index contributed by atoms with van der Waals surface area (Å²) >= 11 is 0. The third kappa shape index (κ3) is 6.89. The minimum absolute atomic E-state index is 0.0129. The summed E-state index contributed by atoms with van der Waals surface area (Å²) in [7, 11) is 2.05. The zero-order valence-corrected chi connectivity index (χ0v) is 20.7. The molecule has 0 aliphatic carbocycles. The first-order valence-corrected chi connectivity index (χ1v) is 12.3. The van der Waals surface area contributed by atoms with Crippen LogP contribution in [0.2, 0.25) is 0 Å². The lowest BCUT2D eigenvalue weighted by Gasteiger charge is -2.37. The molecule has 3 aromatic rings. The van der Waals surface area contributed by atoms with Crippen molar-refractivity contribution in [3.8, 4) is 0 Å². The maximum Gasteiger partial charge on any atom is 0.251 e. The number of hydrogen-bond acceptors (Lipinski definition) is 5. The third-order valence-corrected chi connectivity index (χ3v) is 6.31. The lowest BCUT2D eigenvalue weighted by atomic mass is 9.99. The zero-order chi connectivity index (χ0) is 25.3. The molecule has 1 fully saturated rings. The predicted molar refractivity (Wildman–Crippen MR) is 140 cm³/mol. The summed E-state index contributed by atoms with van der Waals surface area (Å²) in [6, 6.07) is 25.1. The van der Waals surface area contributed by atoms with Crippen LogP contribution in [0.1, 0.15) is 51.4 Å². The molecule has 0 bridgehead atoms. The van der Waals surface area contributed by atoms with Gasteiger partial charge < -0.3 is 24.8 Å². The number of ether oxygens (including phenoxy) is 2. The highest BCUT2D eigenvalue weighted by molar-refractivity contribution is 5.94. The number of nitrogens with zero attached hydrogens (tertiary/aromatic N) is 1. The molecule has 0 unspecified atom stereocenters.